The van der Waals surface area contributed by atoms with E-state index in [9.17, 15) is 0 Å². The summed E-state index contributed by atoms with van der Waals surface area (Å²) >= 11 is 0. The summed E-state index contributed by atoms with van der Waals surface area (Å²) < 4.78 is 6.39. The number of piperidine rings is 1. The fourth-order valence-electron chi connectivity index (χ4n) is 3.60. The molecular weight excluding hydrogens is 288 g/mol. The number of hydrogen-bond donors (Lipinski definition) is 2. The van der Waals surface area contributed by atoms with Crippen LogP contribution >= 0.6 is 0 Å². The minimum absolute atomic E-state index is 0.0300. The third kappa shape index (κ3) is 2.84. The molecule has 0 bridgehead atoms. The van der Waals surface area contributed by atoms with Crippen LogP contribution in [-0.2, 0) is 13.0 Å². The van der Waals surface area contributed by atoms with Crippen molar-refractivity contribution >= 4 is 0 Å². The van der Waals surface area contributed by atoms with Crippen LogP contribution in [-0.4, -0.2) is 28.8 Å². The van der Waals surface area contributed by atoms with Crippen molar-refractivity contribution in [1.29, 1.82) is 0 Å². The van der Waals surface area contributed by atoms with E-state index < -0.39 is 0 Å². The Morgan fingerprint density at radius 3 is 2.74 bits per heavy atom. The van der Waals surface area contributed by atoms with Gasteiger partial charge in [-0.2, -0.15) is 0 Å². The maximum atomic E-state index is 9.12. The molecule has 0 aliphatic carbocycles. The molecule has 1 aromatic heterocycles. The number of rotatable bonds is 2. The molecule has 2 aromatic rings. The Bertz CT molecular complexity index is 691. The van der Waals surface area contributed by atoms with Crippen LogP contribution in [0.15, 0.2) is 36.5 Å². The van der Waals surface area contributed by atoms with Crippen molar-refractivity contribution < 1.29 is 9.84 Å². The number of aliphatic hydroxyl groups excluding tert-OH is 1. The van der Waals surface area contributed by atoms with E-state index >= 15 is 0 Å². The lowest BCUT2D eigenvalue weighted by atomic mass is 9.83. The first-order valence-electron chi connectivity index (χ1n) is 8.37. The first-order valence-corrected chi connectivity index (χ1v) is 8.37. The first-order chi connectivity index (χ1) is 11.3. The Balaban J connectivity index is 1.59. The third-order valence-electron chi connectivity index (χ3n) is 5.05. The van der Waals surface area contributed by atoms with E-state index in [1.165, 1.54) is 5.56 Å². The molecular formula is C19H22N2O2. The Kier molecular flexibility index (Phi) is 3.79. The highest BCUT2D eigenvalue weighted by Crippen LogP contribution is 2.39. The zero-order valence-electron chi connectivity index (χ0n) is 13.2. The van der Waals surface area contributed by atoms with Crippen LogP contribution in [0, 0.1) is 0 Å². The number of benzene rings is 1. The van der Waals surface area contributed by atoms with Crippen molar-refractivity contribution in [3.05, 3.63) is 47.7 Å². The van der Waals surface area contributed by atoms with Gasteiger partial charge in [0.1, 0.15) is 11.4 Å². The van der Waals surface area contributed by atoms with Gasteiger partial charge in [-0.05, 0) is 74.2 Å². The predicted octanol–water partition coefficient (Wildman–Crippen LogP) is 2.69. The molecule has 23 heavy (non-hydrogen) atoms. The van der Waals surface area contributed by atoms with Crippen LogP contribution in [0.4, 0.5) is 0 Å². The molecule has 4 nitrogen and oxygen atoms in total. The summed E-state index contributed by atoms with van der Waals surface area (Å²) in [4.78, 5) is 4.44. The topological polar surface area (TPSA) is 54.4 Å². The second-order valence-electron chi connectivity index (χ2n) is 6.57. The molecule has 2 aliphatic rings. The van der Waals surface area contributed by atoms with Crippen LogP contribution in [0.3, 0.4) is 0 Å². The molecule has 0 unspecified atom stereocenters. The Morgan fingerprint density at radius 1 is 1.13 bits per heavy atom. The number of aromatic nitrogens is 1. The van der Waals surface area contributed by atoms with Crippen molar-refractivity contribution in [1.82, 2.24) is 10.3 Å². The van der Waals surface area contributed by atoms with Gasteiger partial charge in [0.2, 0.25) is 0 Å². The summed E-state index contributed by atoms with van der Waals surface area (Å²) in [5.41, 5.74) is 4.20. The van der Waals surface area contributed by atoms with E-state index in [2.05, 4.69) is 28.5 Å². The lowest BCUT2D eigenvalue weighted by Crippen LogP contribution is -2.48. The zero-order chi connectivity index (χ0) is 15.7. The number of ether oxygens (including phenoxy) is 1. The highest BCUT2D eigenvalue weighted by molar-refractivity contribution is 5.62. The molecule has 1 aromatic carbocycles. The van der Waals surface area contributed by atoms with Gasteiger partial charge in [-0.3, -0.25) is 4.98 Å². The number of aryl methyl sites for hydroxylation is 1. The molecule has 1 saturated heterocycles. The van der Waals surface area contributed by atoms with E-state index in [4.69, 9.17) is 9.84 Å². The molecule has 2 aliphatic heterocycles. The van der Waals surface area contributed by atoms with Crippen molar-refractivity contribution in [3.63, 3.8) is 0 Å². The van der Waals surface area contributed by atoms with Crippen molar-refractivity contribution in [2.24, 2.45) is 0 Å². The summed E-state index contributed by atoms with van der Waals surface area (Å²) in [5.74, 6) is 1.04. The average molecular weight is 310 g/mol. The minimum Gasteiger partial charge on any atom is -0.487 e. The highest BCUT2D eigenvalue weighted by atomic mass is 16.5. The van der Waals surface area contributed by atoms with E-state index in [-0.39, 0.29) is 12.2 Å². The molecule has 1 fully saturated rings. The molecule has 4 rings (SSSR count). The van der Waals surface area contributed by atoms with Gasteiger partial charge in [-0.1, -0.05) is 6.07 Å². The van der Waals surface area contributed by atoms with Crippen molar-refractivity contribution in [2.45, 2.75) is 37.9 Å². The lowest BCUT2D eigenvalue weighted by molar-refractivity contribution is 0.0170. The average Bonchev–Trinajstić information content (AvgIpc) is 2.62. The first kappa shape index (κ1) is 14.7. The number of hydrogen-bond acceptors (Lipinski definition) is 4. The van der Waals surface area contributed by atoms with Crippen LogP contribution in [0.25, 0.3) is 11.3 Å². The summed E-state index contributed by atoms with van der Waals surface area (Å²) in [6.45, 7) is 2.13. The molecule has 4 heteroatoms. The zero-order valence-corrected chi connectivity index (χ0v) is 13.2. The number of fused-ring (bicyclic) bond motifs is 1. The van der Waals surface area contributed by atoms with Crippen molar-refractivity contribution in [3.8, 4) is 17.0 Å². The lowest BCUT2D eigenvalue weighted by Gasteiger charge is -2.41. The van der Waals surface area contributed by atoms with Crippen LogP contribution in [0.2, 0.25) is 0 Å². The molecule has 1 spiro atoms. The van der Waals surface area contributed by atoms with Crippen LogP contribution in [0.1, 0.15) is 30.4 Å². The number of nitrogens with zero attached hydrogens (tertiary/aromatic N) is 1. The SMILES string of the molecule is OCc1ccc(-c2ccc3c(c2)CCC2(CCNCC2)O3)nc1. The van der Waals surface area contributed by atoms with Gasteiger partial charge in [0, 0.05) is 11.8 Å². The van der Waals surface area contributed by atoms with E-state index in [1.54, 1.807) is 6.20 Å². The summed E-state index contributed by atoms with van der Waals surface area (Å²) in [5, 5.41) is 12.5. The van der Waals surface area contributed by atoms with Crippen LogP contribution < -0.4 is 10.1 Å². The fourth-order valence-corrected chi connectivity index (χ4v) is 3.60. The normalized spacial score (nSPS) is 19.2. The highest BCUT2D eigenvalue weighted by Gasteiger charge is 2.37. The van der Waals surface area contributed by atoms with Crippen molar-refractivity contribution in [2.75, 3.05) is 13.1 Å². The van der Waals surface area contributed by atoms with E-state index in [1.807, 2.05) is 12.1 Å². The second kappa shape index (κ2) is 5.95. The van der Waals surface area contributed by atoms with Gasteiger partial charge in [-0.25, -0.2) is 0 Å². The standard InChI is InChI=1S/C19H22N2O2/c22-13-14-1-3-17(21-12-14)15-2-4-18-16(11-15)5-6-19(23-18)7-9-20-10-8-19/h1-4,11-12,20,22H,5-10,13H2. The maximum Gasteiger partial charge on any atom is 0.123 e. The monoisotopic (exact) mass is 310 g/mol. The molecule has 3 heterocycles. The Hall–Kier alpha value is -1.91. The molecule has 0 atom stereocenters. The van der Waals surface area contributed by atoms with Gasteiger partial charge < -0.3 is 15.2 Å². The smallest absolute Gasteiger partial charge is 0.123 e. The maximum absolute atomic E-state index is 9.12. The second-order valence-corrected chi connectivity index (χ2v) is 6.57. The molecule has 0 radical (unpaired) electrons. The molecule has 0 saturated carbocycles. The van der Waals surface area contributed by atoms with Gasteiger partial charge in [-0.15, -0.1) is 0 Å². The molecule has 0 amide bonds. The van der Waals surface area contributed by atoms with Gasteiger partial charge in [0.05, 0.1) is 12.3 Å². The largest absolute Gasteiger partial charge is 0.487 e. The summed E-state index contributed by atoms with van der Waals surface area (Å²) in [6.07, 6.45) is 6.09. The van der Waals surface area contributed by atoms with E-state index in [0.29, 0.717) is 0 Å². The minimum atomic E-state index is 0.0300. The molecule has 2 N–H and O–H groups in total. The number of nitrogens with one attached hydrogen (secondary N) is 1. The van der Waals surface area contributed by atoms with Gasteiger partial charge >= 0.3 is 0 Å². The summed E-state index contributed by atoms with van der Waals surface area (Å²) in [6, 6.07) is 10.3. The molecule has 120 valence electrons. The fraction of sp³-hybridized carbons (Fsp3) is 0.421. The van der Waals surface area contributed by atoms with Gasteiger partial charge in [0.25, 0.3) is 0 Å². The quantitative estimate of drug-likeness (QED) is 0.895. The number of pyridine rings is 1. The Morgan fingerprint density at radius 2 is 2.00 bits per heavy atom. The van der Waals surface area contributed by atoms with Gasteiger partial charge in [0.15, 0.2) is 0 Å². The number of aliphatic hydroxyl groups is 1. The van der Waals surface area contributed by atoms with E-state index in [0.717, 1.165) is 61.3 Å². The third-order valence-corrected chi connectivity index (χ3v) is 5.05. The predicted molar refractivity (Wildman–Crippen MR) is 89.4 cm³/mol. The Labute approximate surface area is 136 Å². The van der Waals surface area contributed by atoms with Crippen LogP contribution in [0.5, 0.6) is 5.75 Å². The summed E-state index contributed by atoms with van der Waals surface area (Å²) in [7, 11) is 0.